The van der Waals surface area contributed by atoms with E-state index in [2.05, 4.69) is 11.9 Å². The van der Waals surface area contributed by atoms with Gasteiger partial charge in [0, 0.05) is 25.6 Å². The first-order valence-corrected chi connectivity index (χ1v) is 9.83. The van der Waals surface area contributed by atoms with Crippen LogP contribution in [0.25, 0.3) is 0 Å². The highest BCUT2D eigenvalue weighted by Gasteiger charge is 2.27. The summed E-state index contributed by atoms with van der Waals surface area (Å²) in [6.07, 6.45) is 3.02. The number of hydrogen-bond acceptors (Lipinski definition) is 4. The van der Waals surface area contributed by atoms with E-state index < -0.39 is 0 Å². The SMILES string of the molecule is CC(=O)C[C@@H](C)c1ccc(O[C@@H]2CCN(c3nccc(I)c3F)C2)cc1. The van der Waals surface area contributed by atoms with Crippen molar-refractivity contribution in [3.63, 3.8) is 0 Å². The number of pyridine rings is 1. The minimum atomic E-state index is -0.266. The minimum Gasteiger partial charge on any atom is -0.489 e. The number of nitrogens with zero attached hydrogens (tertiary/aromatic N) is 2. The molecule has 0 spiro atoms. The maximum absolute atomic E-state index is 14.2. The van der Waals surface area contributed by atoms with Crippen molar-refractivity contribution in [2.75, 3.05) is 18.0 Å². The molecule has 26 heavy (non-hydrogen) atoms. The molecule has 0 saturated carbocycles. The monoisotopic (exact) mass is 468 g/mol. The summed E-state index contributed by atoms with van der Waals surface area (Å²) >= 11 is 1.98. The lowest BCUT2D eigenvalue weighted by molar-refractivity contribution is -0.117. The third kappa shape index (κ3) is 4.52. The number of hydrogen-bond donors (Lipinski definition) is 0. The summed E-state index contributed by atoms with van der Waals surface area (Å²) in [6.45, 7) is 5.01. The Bertz CT molecular complexity index is 782. The summed E-state index contributed by atoms with van der Waals surface area (Å²) in [4.78, 5) is 17.4. The fourth-order valence-corrected chi connectivity index (χ4v) is 3.67. The highest BCUT2D eigenvalue weighted by Crippen LogP contribution is 2.27. The Labute approximate surface area is 166 Å². The Morgan fingerprint density at radius 2 is 2.12 bits per heavy atom. The van der Waals surface area contributed by atoms with E-state index >= 15 is 0 Å². The zero-order chi connectivity index (χ0) is 18.7. The van der Waals surface area contributed by atoms with Crippen LogP contribution in [0, 0.1) is 9.39 Å². The number of aromatic nitrogens is 1. The first-order valence-electron chi connectivity index (χ1n) is 8.75. The summed E-state index contributed by atoms with van der Waals surface area (Å²) in [6, 6.07) is 9.57. The Morgan fingerprint density at radius 1 is 1.38 bits per heavy atom. The van der Waals surface area contributed by atoms with Crippen LogP contribution in [0.4, 0.5) is 10.2 Å². The van der Waals surface area contributed by atoms with Crippen molar-refractivity contribution < 1.29 is 13.9 Å². The van der Waals surface area contributed by atoms with E-state index in [0.29, 0.717) is 22.4 Å². The smallest absolute Gasteiger partial charge is 0.178 e. The zero-order valence-electron chi connectivity index (χ0n) is 14.9. The predicted molar refractivity (Wildman–Crippen MR) is 108 cm³/mol. The van der Waals surface area contributed by atoms with Crippen LogP contribution < -0.4 is 9.64 Å². The fraction of sp³-hybridized carbons (Fsp3) is 0.400. The molecular weight excluding hydrogens is 446 g/mol. The first-order chi connectivity index (χ1) is 12.4. The van der Waals surface area contributed by atoms with Crippen molar-refractivity contribution in [3.8, 4) is 5.75 Å². The summed E-state index contributed by atoms with van der Waals surface area (Å²) in [5.41, 5.74) is 1.13. The van der Waals surface area contributed by atoms with Crippen LogP contribution in [-0.4, -0.2) is 30.0 Å². The average Bonchev–Trinajstić information content (AvgIpc) is 3.05. The minimum absolute atomic E-state index is 0.00885. The summed E-state index contributed by atoms with van der Waals surface area (Å²) < 4.78 is 20.9. The molecule has 2 heterocycles. The van der Waals surface area contributed by atoms with Crippen molar-refractivity contribution in [1.29, 1.82) is 0 Å². The van der Waals surface area contributed by atoms with Gasteiger partial charge in [-0.3, -0.25) is 0 Å². The van der Waals surface area contributed by atoms with Crippen LogP contribution in [-0.2, 0) is 4.79 Å². The lowest BCUT2D eigenvalue weighted by Crippen LogP contribution is -2.26. The van der Waals surface area contributed by atoms with E-state index in [9.17, 15) is 9.18 Å². The maximum atomic E-state index is 14.2. The molecule has 4 nitrogen and oxygen atoms in total. The van der Waals surface area contributed by atoms with Crippen molar-refractivity contribution in [2.24, 2.45) is 0 Å². The van der Waals surface area contributed by atoms with Crippen molar-refractivity contribution in [2.45, 2.75) is 38.7 Å². The van der Waals surface area contributed by atoms with Gasteiger partial charge in [-0.1, -0.05) is 19.1 Å². The van der Waals surface area contributed by atoms with E-state index in [-0.39, 0.29) is 23.6 Å². The molecule has 2 atom stereocenters. The Hall–Kier alpha value is -1.70. The molecule has 0 amide bonds. The van der Waals surface area contributed by atoms with Crippen molar-refractivity contribution in [3.05, 3.63) is 51.5 Å². The maximum Gasteiger partial charge on any atom is 0.178 e. The number of ether oxygens (including phenoxy) is 1. The zero-order valence-corrected chi connectivity index (χ0v) is 17.1. The molecule has 1 aromatic heterocycles. The lowest BCUT2D eigenvalue weighted by atomic mass is 9.96. The number of anilines is 1. The number of halogens is 2. The Morgan fingerprint density at radius 3 is 2.81 bits per heavy atom. The normalized spacial score (nSPS) is 18.0. The highest BCUT2D eigenvalue weighted by atomic mass is 127. The quantitative estimate of drug-likeness (QED) is 0.583. The van der Waals surface area contributed by atoms with Gasteiger partial charge in [-0.25, -0.2) is 9.37 Å². The number of Topliss-reactive ketones (excluding diaryl/α,β-unsaturated/α-hetero) is 1. The lowest BCUT2D eigenvalue weighted by Gasteiger charge is -2.19. The van der Waals surface area contributed by atoms with E-state index in [1.807, 2.05) is 51.8 Å². The summed E-state index contributed by atoms with van der Waals surface area (Å²) in [7, 11) is 0. The van der Waals surface area contributed by atoms with Gasteiger partial charge < -0.3 is 14.4 Å². The van der Waals surface area contributed by atoms with Crippen molar-refractivity contribution >= 4 is 34.2 Å². The third-order valence-corrected chi connectivity index (χ3v) is 5.45. The molecule has 6 heteroatoms. The summed E-state index contributed by atoms with van der Waals surface area (Å²) in [5, 5.41) is 0. The first kappa shape index (κ1) is 19.1. The van der Waals surface area contributed by atoms with Gasteiger partial charge in [0.25, 0.3) is 0 Å². The van der Waals surface area contributed by atoms with Gasteiger partial charge in [0.2, 0.25) is 0 Å². The standard InChI is InChI=1S/C20H22FIN2O2/c1-13(11-14(2)25)15-3-5-16(6-4-15)26-17-8-10-24(12-17)20-19(21)18(22)7-9-23-20/h3-7,9,13,17H,8,10-12H2,1-2H3/t13-,17-/m1/s1. The van der Waals surface area contributed by atoms with Crippen LogP contribution in [0.1, 0.15) is 38.2 Å². The van der Waals surface area contributed by atoms with Gasteiger partial charge in [0.05, 0.1) is 10.1 Å². The topological polar surface area (TPSA) is 42.4 Å². The number of benzene rings is 1. The number of rotatable bonds is 6. The van der Waals surface area contributed by atoms with Gasteiger partial charge in [-0.05, 0) is 59.2 Å². The second-order valence-electron chi connectivity index (χ2n) is 6.78. The molecule has 1 aliphatic heterocycles. The van der Waals surface area contributed by atoms with Crippen LogP contribution in [0.15, 0.2) is 36.5 Å². The van der Waals surface area contributed by atoms with Crippen LogP contribution >= 0.6 is 22.6 Å². The molecule has 0 radical (unpaired) electrons. The van der Waals surface area contributed by atoms with Gasteiger partial charge >= 0.3 is 0 Å². The second kappa shape index (κ2) is 8.33. The molecule has 0 aliphatic carbocycles. The molecule has 1 fully saturated rings. The number of carbonyl (C=O) groups is 1. The molecule has 2 aromatic rings. The molecular formula is C20H22FIN2O2. The molecule has 0 N–H and O–H groups in total. The average molecular weight is 468 g/mol. The predicted octanol–water partition coefficient (Wildman–Crippen LogP) is 4.57. The van der Waals surface area contributed by atoms with Gasteiger partial charge in [-0.2, -0.15) is 0 Å². The van der Waals surface area contributed by atoms with E-state index in [1.165, 1.54) is 0 Å². The van der Waals surface area contributed by atoms with E-state index in [1.54, 1.807) is 19.2 Å². The summed E-state index contributed by atoms with van der Waals surface area (Å²) in [5.74, 6) is 1.33. The van der Waals surface area contributed by atoms with Crippen LogP contribution in [0.5, 0.6) is 5.75 Å². The molecule has 1 aliphatic rings. The molecule has 1 saturated heterocycles. The fourth-order valence-electron chi connectivity index (χ4n) is 3.26. The Kier molecular flexibility index (Phi) is 6.11. The number of ketones is 1. The molecule has 0 unspecified atom stereocenters. The number of carbonyl (C=O) groups excluding carboxylic acids is 1. The highest BCUT2D eigenvalue weighted by molar-refractivity contribution is 14.1. The van der Waals surface area contributed by atoms with E-state index in [4.69, 9.17) is 4.74 Å². The van der Waals surface area contributed by atoms with Gasteiger partial charge in [0.15, 0.2) is 11.6 Å². The van der Waals surface area contributed by atoms with Crippen LogP contribution in [0.3, 0.4) is 0 Å². The van der Waals surface area contributed by atoms with Gasteiger partial charge in [-0.15, -0.1) is 0 Å². The van der Waals surface area contributed by atoms with Gasteiger partial charge in [0.1, 0.15) is 17.6 Å². The van der Waals surface area contributed by atoms with E-state index in [0.717, 1.165) is 24.3 Å². The second-order valence-corrected chi connectivity index (χ2v) is 7.94. The largest absolute Gasteiger partial charge is 0.489 e. The molecule has 3 rings (SSSR count). The molecule has 0 bridgehead atoms. The molecule has 1 aromatic carbocycles. The van der Waals surface area contributed by atoms with Crippen molar-refractivity contribution in [1.82, 2.24) is 4.98 Å². The third-order valence-electron chi connectivity index (χ3n) is 4.61. The Balaban J connectivity index is 1.60. The molecule has 138 valence electrons. The van der Waals surface area contributed by atoms with Crippen LogP contribution in [0.2, 0.25) is 0 Å².